The zero-order valence-corrected chi connectivity index (χ0v) is 36.7. The lowest BCUT2D eigenvalue weighted by molar-refractivity contribution is 0.122. The number of morpholine rings is 3. The second-order valence-corrected chi connectivity index (χ2v) is 16.9. The van der Waals surface area contributed by atoms with Crippen molar-refractivity contribution in [1.29, 1.82) is 0 Å². The van der Waals surface area contributed by atoms with Crippen LogP contribution in [0.25, 0.3) is 78.6 Å². The van der Waals surface area contributed by atoms with E-state index >= 15 is 52.7 Å². The number of benzene rings is 3. The molecule has 0 aliphatic carbocycles. The monoisotopic (exact) mass is 997 g/mol. The number of hydrogen-bond donors (Lipinski definition) is 3. The average Bonchev–Trinajstić information content (AvgIpc) is 4.24. The van der Waals surface area contributed by atoms with Gasteiger partial charge in [-0.1, -0.05) is 0 Å². The standard InChI is InChI=1S/C49H35F12N7O3/c50-35-32(36(51)42(57)47(41(35)56)66-9-15-69-16-10-66)29-23-3-1-21(62-23)22-2-4-24(63-22)30(33-37(52)43(58)48(44(59)38(33)53)67-11-17-70-18-12-67)26-6-8-28(65-26)31(27-7-5-25(29)64-27)34-39(54)45(60)49(46(61)40(34)55)68-13-19-71-20-14-68/h1-8,62-64H,9-20H2. The molecule has 22 heteroatoms. The molecule has 7 aromatic rings. The summed E-state index contributed by atoms with van der Waals surface area (Å²) in [5.74, 6) is -22.1. The molecule has 10 nitrogen and oxygen atoms in total. The van der Waals surface area contributed by atoms with E-state index in [1.54, 1.807) is 0 Å². The zero-order valence-electron chi connectivity index (χ0n) is 36.7. The SMILES string of the molecule is Fc1c(F)c(N2CCOCC2)c(F)c(F)c1-c1c2nc(c(-c3c(F)c(F)c(N4CCOCC4)c(F)c3F)c3ccc([nH]3)c3ccc([nH]3)c(-c3c(F)c(F)c(N4CCOCC4)c(F)c3F)c3ccc1[nH]3)C=C2. The summed E-state index contributed by atoms with van der Waals surface area (Å²) >= 11 is 0. The predicted molar refractivity (Wildman–Crippen MR) is 240 cm³/mol. The van der Waals surface area contributed by atoms with Gasteiger partial charge in [0.2, 0.25) is 0 Å². The van der Waals surface area contributed by atoms with Crippen LogP contribution in [0.1, 0.15) is 11.4 Å². The molecule has 71 heavy (non-hydrogen) atoms. The second-order valence-electron chi connectivity index (χ2n) is 16.9. The molecular formula is C49H35F12N7O3. The van der Waals surface area contributed by atoms with E-state index in [1.807, 2.05) is 0 Å². The number of aromatic amines is 3. The van der Waals surface area contributed by atoms with E-state index < -0.39 is 137 Å². The minimum atomic E-state index is -1.95. The summed E-state index contributed by atoms with van der Waals surface area (Å²) in [5.41, 5.74) is -11.2. The van der Waals surface area contributed by atoms with E-state index in [0.717, 1.165) is 39.0 Å². The summed E-state index contributed by atoms with van der Waals surface area (Å²) in [7, 11) is 0. The van der Waals surface area contributed by atoms with Gasteiger partial charge in [0.25, 0.3) is 0 Å². The van der Waals surface area contributed by atoms with Crippen molar-refractivity contribution in [2.45, 2.75) is 0 Å². The van der Waals surface area contributed by atoms with Gasteiger partial charge < -0.3 is 43.9 Å². The Morgan fingerprint density at radius 1 is 0.310 bits per heavy atom. The smallest absolute Gasteiger partial charge is 0.185 e. The van der Waals surface area contributed by atoms with Crippen molar-refractivity contribution in [2.75, 3.05) is 93.6 Å². The molecular weight excluding hydrogens is 963 g/mol. The number of nitrogens with one attached hydrogen (secondary N) is 3. The maximum atomic E-state index is 16.9. The van der Waals surface area contributed by atoms with Gasteiger partial charge in [0.15, 0.2) is 69.8 Å². The molecule has 3 fully saturated rings. The fourth-order valence-corrected chi connectivity index (χ4v) is 9.65. The van der Waals surface area contributed by atoms with Crippen LogP contribution in [-0.4, -0.2) is 98.8 Å². The highest BCUT2D eigenvalue weighted by atomic mass is 19.2. The average molecular weight is 998 g/mol. The molecule has 11 rings (SSSR count). The molecule has 0 amide bonds. The summed E-state index contributed by atoms with van der Waals surface area (Å²) in [6.45, 7) is -0.837. The first-order chi connectivity index (χ1) is 34.2. The van der Waals surface area contributed by atoms with Gasteiger partial charge in [0.05, 0.1) is 78.8 Å². The van der Waals surface area contributed by atoms with Crippen molar-refractivity contribution in [1.82, 2.24) is 19.9 Å². The van der Waals surface area contributed by atoms with E-state index in [4.69, 9.17) is 14.2 Å². The number of aromatic nitrogens is 4. The van der Waals surface area contributed by atoms with Crippen LogP contribution in [0.2, 0.25) is 0 Å². The quantitative estimate of drug-likeness (QED) is 0.113. The van der Waals surface area contributed by atoms with Gasteiger partial charge in [0, 0.05) is 78.0 Å². The number of fused-ring (bicyclic) bond motifs is 9. The van der Waals surface area contributed by atoms with Crippen LogP contribution in [0.5, 0.6) is 0 Å². The molecule has 0 spiro atoms. The summed E-state index contributed by atoms with van der Waals surface area (Å²) in [5, 5.41) is 0. The van der Waals surface area contributed by atoms with Crippen LogP contribution in [0.15, 0.2) is 36.4 Å². The van der Waals surface area contributed by atoms with Gasteiger partial charge in [-0.05, 0) is 48.6 Å². The van der Waals surface area contributed by atoms with Crippen molar-refractivity contribution in [2.24, 2.45) is 0 Å². The summed E-state index contributed by atoms with van der Waals surface area (Å²) < 4.78 is 214. The zero-order chi connectivity index (χ0) is 49.6. The van der Waals surface area contributed by atoms with E-state index in [0.29, 0.717) is 0 Å². The van der Waals surface area contributed by atoms with Crippen molar-refractivity contribution >= 4 is 62.3 Å². The van der Waals surface area contributed by atoms with Crippen LogP contribution in [0.4, 0.5) is 69.7 Å². The number of hydrogen-bond acceptors (Lipinski definition) is 7. The molecule has 3 saturated heterocycles. The van der Waals surface area contributed by atoms with Crippen molar-refractivity contribution in [3.8, 4) is 33.4 Å². The van der Waals surface area contributed by atoms with Crippen LogP contribution in [0.3, 0.4) is 0 Å². The Morgan fingerprint density at radius 2 is 0.549 bits per heavy atom. The molecule has 0 radical (unpaired) electrons. The molecule has 8 bridgehead atoms. The lowest BCUT2D eigenvalue weighted by Gasteiger charge is -2.30. The highest BCUT2D eigenvalue weighted by Crippen LogP contribution is 2.45. The molecule has 4 aliphatic rings. The van der Waals surface area contributed by atoms with Crippen LogP contribution < -0.4 is 14.7 Å². The molecule has 3 N–H and O–H groups in total. The van der Waals surface area contributed by atoms with E-state index in [-0.39, 0.29) is 106 Å². The van der Waals surface area contributed by atoms with Crippen molar-refractivity contribution < 1.29 is 66.9 Å². The number of ether oxygens (including phenoxy) is 3. The Hall–Kier alpha value is -7.17. The molecule has 8 heterocycles. The lowest BCUT2D eigenvalue weighted by Crippen LogP contribution is -2.37. The summed E-state index contributed by atoms with van der Waals surface area (Å²) in [6, 6.07) is 7.37. The lowest BCUT2D eigenvalue weighted by atomic mass is 10.00. The predicted octanol–water partition coefficient (Wildman–Crippen LogP) is 10.9. The molecule has 4 aliphatic heterocycles. The van der Waals surface area contributed by atoms with Gasteiger partial charge in [0.1, 0.15) is 17.1 Å². The van der Waals surface area contributed by atoms with Gasteiger partial charge in [-0.15, -0.1) is 0 Å². The summed E-state index contributed by atoms with van der Waals surface area (Å²) in [4.78, 5) is 16.2. The summed E-state index contributed by atoms with van der Waals surface area (Å²) in [6.07, 6.45) is 2.10. The Bertz CT molecular complexity index is 3410. The number of H-pyrrole nitrogens is 3. The fourth-order valence-electron chi connectivity index (χ4n) is 9.65. The number of rotatable bonds is 6. The van der Waals surface area contributed by atoms with E-state index in [9.17, 15) is 0 Å². The third kappa shape index (κ3) is 7.44. The number of anilines is 3. The maximum absolute atomic E-state index is 16.9. The minimum Gasteiger partial charge on any atom is -0.378 e. The van der Waals surface area contributed by atoms with Gasteiger partial charge in [-0.2, -0.15) is 0 Å². The first-order valence-electron chi connectivity index (χ1n) is 22.2. The highest BCUT2D eigenvalue weighted by Gasteiger charge is 2.36. The van der Waals surface area contributed by atoms with Crippen LogP contribution in [0, 0.1) is 69.8 Å². The Kier molecular flexibility index (Phi) is 11.7. The first kappa shape index (κ1) is 46.2. The normalized spacial score (nSPS) is 16.0. The van der Waals surface area contributed by atoms with E-state index in [1.165, 1.54) is 24.3 Å². The largest absolute Gasteiger partial charge is 0.378 e. The van der Waals surface area contributed by atoms with E-state index in [2.05, 4.69) is 19.9 Å². The molecule has 0 atom stereocenters. The fraction of sp³-hybridized carbons (Fsp3) is 0.245. The van der Waals surface area contributed by atoms with Gasteiger partial charge >= 0.3 is 0 Å². The third-order valence-electron chi connectivity index (χ3n) is 13.0. The van der Waals surface area contributed by atoms with Crippen molar-refractivity contribution in [3.05, 3.63) is 118 Å². The first-order valence-corrected chi connectivity index (χ1v) is 22.2. The molecule has 4 aromatic heterocycles. The minimum absolute atomic E-state index is 0.000177. The van der Waals surface area contributed by atoms with Gasteiger partial charge in [-0.25, -0.2) is 57.7 Å². The molecule has 3 aromatic carbocycles. The number of halogens is 12. The molecule has 0 unspecified atom stereocenters. The highest BCUT2D eigenvalue weighted by molar-refractivity contribution is 6.00. The topological polar surface area (TPSA) is 97.7 Å². The van der Waals surface area contributed by atoms with Crippen molar-refractivity contribution in [3.63, 3.8) is 0 Å². The second kappa shape index (κ2) is 17.9. The Labute approximate surface area is 393 Å². The third-order valence-corrected chi connectivity index (χ3v) is 13.0. The maximum Gasteiger partial charge on any atom is 0.185 e. The number of nitrogens with zero attached hydrogens (tertiary/aromatic N) is 4. The molecule has 368 valence electrons. The Balaban J connectivity index is 1.26. The van der Waals surface area contributed by atoms with Gasteiger partial charge in [-0.3, -0.25) is 0 Å². The van der Waals surface area contributed by atoms with Crippen LogP contribution >= 0.6 is 0 Å². The molecule has 0 saturated carbocycles. The van der Waals surface area contributed by atoms with Crippen LogP contribution in [-0.2, 0) is 14.2 Å². The Morgan fingerprint density at radius 3 is 0.845 bits per heavy atom.